The summed E-state index contributed by atoms with van der Waals surface area (Å²) in [5.74, 6) is -1.24. The molecule has 0 spiro atoms. The highest BCUT2D eigenvalue weighted by atomic mass is 32.2. The van der Waals surface area contributed by atoms with E-state index in [1.54, 1.807) is 45.0 Å². The lowest BCUT2D eigenvalue weighted by atomic mass is 9.97. The van der Waals surface area contributed by atoms with Crippen LogP contribution in [-0.4, -0.2) is 67.8 Å². The number of sulfone groups is 1. The zero-order valence-electron chi connectivity index (χ0n) is 27.5. The standard InChI is InChI=1S/C33H41FN4O8S/c1-32(2,3)30-36-28(37-46-30)23-15-26-27(16-24(23)34)47(41,42)19-25(35-31(40)45-33(4,5)6)29(39)38(26)17-20-7-9-22(10-8-20)44-18-21-11-13-43-14-12-21/h7-10,15-16,21,25H,11-14,17-19H2,1-6H3,(H,35,40)/t25-/m0/s1. The highest BCUT2D eigenvalue weighted by Gasteiger charge is 2.40. The van der Waals surface area contributed by atoms with Crippen LogP contribution in [0.1, 0.15) is 65.8 Å². The number of amides is 2. The van der Waals surface area contributed by atoms with Crippen molar-refractivity contribution in [2.24, 2.45) is 5.92 Å². The summed E-state index contributed by atoms with van der Waals surface area (Å²) in [5.41, 5.74) is -1.02. The summed E-state index contributed by atoms with van der Waals surface area (Å²) in [6.45, 7) is 12.4. The Hall–Kier alpha value is -4.04. The summed E-state index contributed by atoms with van der Waals surface area (Å²) in [7, 11) is -4.31. The van der Waals surface area contributed by atoms with E-state index < -0.39 is 55.4 Å². The second-order valence-corrected chi connectivity index (χ2v) is 15.9. The van der Waals surface area contributed by atoms with Gasteiger partial charge in [-0.2, -0.15) is 4.98 Å². The van der Waals surface area contributed by atoms with Crippen LogP contribution in [0.4, 0.5) is 14.9 Å². The van der Waals surface area contributed by atoms with Crippen LogP contribution < -0.4 is 15.0 Å². The lowest BCUT2D eigenvalue weighted by Crippen LogP contribution is -2.51. The number of benzene rings is 2. The molecule has 2 aliphatic heterocycles. The number of ether oxygens (including phenoxy) is 3. The lowest BCUT2D eigenvalue weighted by molar-refractivity contribution is -0.120. The second-order valence-electron chi connectivity index (χ2n) is 13.9. The third-order valence-corrected chi connectivity index (χ3v) is 9.48. The van der Waals surface area contributed by atoms with Gasteiger partial charge in [-0.3, -0.25) is 4.79 Å². The molecule has 2 aliphatic rings. The average molecular weight is 673 g/mol. The van der Waals surface area contributed by atoms with Crippen molar-refractivity contribution in [2.75, 3.05) is 30.5 Å². The molecule has 47 heavy (non-hydrogen) atoms. The summed E-state index contributed by atoms with van der Waals surface area (Å²) in [5, 5.41) is 6.34. The molecule has 14 heteroatoms. The smallest absolute Gasteiger partial charge is 0.408 e. The highest BCUT2D eigenvalue weighted by Crippen LogP contribution is 2.37. The van der Waals surface area contributed by atoms with Crippen molar-refractivity contribution >= 4 is 27.5 Å². The fourth-order valence-corrected chi connectivity index (χ4v) is 6.83. The number of nitrogens with zero attached hydrogens (tertiary/aromatic N) is 3. The van der Waals surface area contributed by atoms with Gasteiger partial charge >= 0.3 is 6.09 Å². The first-order chi connectivity index (χ1) is 22.0. The van der Waals surface area contributed by atoms with Gasteiger partial charge in [-0.05, 0) is 69.4 Å². The molecular formula is C33H41FN4O8S. The van der Waals surface area contributed by atoms with Gasteiger partial charge in [-0.1, -0.05) is 38.1 Å². The van der Waals surface area contributed by atoms with Crippen LogP contribution in [-0.2, 0) is 36.1 Å². The largest absolute Gasteiger partial charge is 0.493 e. The number of nitrogens with one attached hydrogen (secondary N) is 1. The first kappa shape index (κ1) is 34.3. The van der Waals surface area contributed by atoms with E-state index in [1.807, 2.05) is 20.8 Å². The molecule has 3 heterocycles. The monoisotopic (exact) mass is 672 g/mol. The van der Waals surface area contributed by atoms with Gasteiger partial charge in [0.15, 0.2) is 9.84 Å². The van der Waals surface area contributed by atoms with Gasteiger partial charge < -0.3 is 29.0 Å². The zero-order valence-corrected chi connectivity index (χ0v) is 28.3. The van der Waals surface area contributed by atoms with Crippen LogP contribution in [0, 0.1) is 11.7 Å². The van der Waals surface area contributed by atoms with Crippen LogP contribution in [0.5, 0.6) is 5.75 Å². The first-order valence-electron chi connectivity index (χ1n) is 15.5. The van der Waals surface area contributed by atoms with E-state index in [0.29, 0.717) is 37.1 Å². The van der Waals surface area contributed by atoms with Crippen molar-refractivity contribution in [3.05, 3.63) is 53.7 Å². The molecule has 0 saturated carbocycles. The van der Waals surface area contributed by atoms with Crippen LogP contribution in [0.3, 0.4) is 0 Å². The highest BCUT2D eigenvalue weighted by molar-refractivity contribution is 7.91. The van der Waals surface area contributed by atoms with Gasteiger partial charge in [0.05, 0.1) is 35.1 Å². The van der Waals surface area contributed by atoms with Crippen molar-refractivity contribution in [1.82, 2.24) is 15.5 Å². The number of halogens is 1. The van der Waals surface area contributed by atoms with Crippen molar-refractivity contribution in [3.8, 4) is 17.1 Å². The third kappa shape index (κ3) is 8.28. The van der Waals surface area contributed by atoms with Crippen molar-refractivity contribution < 1.29 is 41.1 Å². The molecule has 0 aliphatic carbocycles. The first-order valence-corrected chi connectivity index (χ1v) is 17.2. The molecule has 1 N–H and O–H groups in total. The van der Waals surface area contributed by atoms with Crippen molar-refractivity contribution in [2.45, 2.75) is 82.9 Å². The third-order valence-electron chi connectivity index (χ3n) is 7.71. The Labute approximate surface area is 273 Å². The molecule has 0 radical (unpaired) electrons. The Kier molecular flexibility index (Phi) is 9.65. The molecule has 1 atom stereocenters. The maximum Gasteiger partial charge on any atom is 0.408 e. The Morgan fingerprint density at radius 2 is 1.77 bits per heavy atom. The minimum atomic E-state index is -4.31. The Balaban J connectivity index is 1.51. The summed E-state index contributed by atoms with van der Waals surface area (Å²) >= 11 is 0. The van der Waals surface area contributed by atoms with E-state index >= 15 is 4.39 Å². The topological polar surface area (TPSA) is 150 Å². The molecule has 1 saturated heterocycles. The Bertz CT molecular complexity index is 1720. The fourth-order valence-electron chi connectivity index (χ4n) is 5.22. The van der Waals surface area contributed by atoms with Gasteiger partial charge in [0.1, 0.15) is 23.2 Å². The number of anilines is 1. The van der Waals surface area contributed by atoms with Crippen LogP contribution >= 0.6 is 0 Å². The molecule has 1 fully saturated rings. The maximum atomic E-state index is 15.6. The minimum absolute atomic E-state index is 0.0816. The predicted octanol–water partition coefficient (Wildman–Crippen LogP) is 5.19. The number of hydrogen-bond donors (Lipinski definition) is 1. The quantitative estimate of drug-likeness (QED) is 0.355. The van der Waals surface area contributed by atoms with Gasteiger partial charge in [0.25, 0.3) is 5.91 Å². The van der Waals surface area contributed by atoms with Crippen LogP contribution in [0.25, 0.3) is 11.4 Å². The zero-order chi connectivity index (χ0) is 34.1. The molecule has 0 bridgehead atoms. The summed E-state index contributed by atoms with van der Waals surface area (Å²) < 4.78 is 65.1. The van der Waals surface area contributed by atoms with Gasteiger partial charge in [0, 0.05) is 18.6 Å². The fraction of sp³-hybridized carbons (Fsp3) is 0.515. The molecular weight excluding hydrogens is 631 g/mol. The van der Waals surface area contributed by atoms with Gasteiger partial charge in [-0.25, -0.2) is 17.6 Å². The number of aromatic nitrogens is 2. The van der Waals surface area contributed by atoms with Crippen LogP contribution in [0.2, 0.25) is 0 Å². The number of alkyl carbamates (subject to hydrolysis) is 1. The number of carbonyl (C=O) groups excluding carboxylic acids is 2. The Morgan fingerprint density at radius 3 is 2.38 bits per heavy atom. The normalized spacial score (nSPS) is 18.7. The average Bonchev–Trinajstić information content (AvgIpc) is 3.47. The molecule has 5 rings (SSSR count). The number of fused-ring (bicyclic) bond motifs is 1. The number of hydrogen-bond acceptors (Lipinski definition) is 10. The van der Waals surface area contributed by atoms with E-state index in [1.165, 1.54) is 11.0 Å². The van der Waals surface area contributed by atoms with Crippen molar-refractivity contribution in [1.29, 1.82) is 0 Å². The van der Waals surface area contributed by atoms with E-state index in [9.17, 15) is 18.0 Å². The number of rotatable bonds is 7. The molecule has 2 amide bonds. The summed E-state index contributed by atoms with van der Waals surface area (Å²) in [6, 6.07) is 7.65. The SMILES string of the molecule is CC(C)(C)OC(=O)N[C@H]1CS(=O)(=O)c2cc(F)c(-c3noc(C(C)(C)C)n3)cc2N(Cc2ccc(OCC3CCOCC3)cc2)C1=O. The summed E-state index contributed by atoms with van der Waals surface area (Å²) in [6.07, 6.45) is 0.899. The number of carbonyl (C=O) groups is 2. The lowest BCUT2D eigenvalue weighted by Gasteiger charge is -2.27. The minimum Gasteiger partial charge on any atom is -0.493 e. The van der Waals surface area contributed by atoms with Crippen molar-refractivity contribution in [3.63, 3.8) is 0 Å². The molecule has 0 unspecified atom stereocenters. The van der Waals surface area contributed by atoms with E-state index in [0.717, 1.165) is 18.9 Å². The van der Waals surface area contributed by atoms with E-state index in [4.69, 9.17) is 18.7 Å². The predicted molar refractivity (Wildman–Crippen MR) is 170 cm³/mol. The molecule has 1 aromatic heterocycles. The summed E-state index contributed by atoms with van der Waals surface area (Å²) in [4.78, 5) is 32.0. The molecule has 2 aromatic carbocycles. The Morgan fingerprint density at radius 1 is 1.09 bits per heavy atom. The van der Waals surface area contributed by atoms with Gasteiger partial charge in [0.2, 0.25) is 11.7 Å². The molecule has 3 aromatic rings. The van der Waals surface area contributed by atoms with E-state index in [2.05, 4.69) is 15.5 Å². The van der Waals surface area contributed by atoms with E-state index in [-0.39, 0.29) is 29.5 Å². The maximum absolute atomic E-state index is 15.6. The van der Waals surface area contributed by atoms with Crippen LogP contribution in [0.15, 0.2) is 45.8 Å². The molecule has 254 valence electrons. The van der Waals surface area contributed by atoms with Gasteiger partial charge in [-0.15, -0.1) is 0 Å². The second kappa shape index (κ2) is 13.2. The molecule has 12 nitrogen and oxygen atoms in total.